The van der Waals surface area contributed by atoms with Crippen LogP contribution in [0.25, 0.3) is 0 Å². The van der Waals surface area contributed by atoms with E-state index >= 15 is 0 Å². The zero-order valence-electron chi connectivity index (χ0n) is 18.5. The maximum atomic E-state index is 10.9. The van der Waals surface area contributed by atoms with Crippen LogP contribution in [-0.2, 0) is 6.42 Å². The topological polar surface area (TPSA) is 165 Å². The Morgan fingerprint density at radius 1 is 1.09 bits per heavy atom. The monoisotopic (exact) mass is 456 g/mol. The van der Waals surface area contributed by atoms with Gasteiger partial charge in [-0.1, -0.05) is 0 Å². The highest BCUT2D eigenvalue weighted by Gasteiger charge is 2.15. The first-order valence-electron chi connectivity index (χ1n) is 10.2. The van der Waals surface area contributed by atoms with Crippen molar-refractivity contribution in [3.63, 3.8) is 0 Å². The average Bonchev–Trinajstić information content (AvgIpc) is 2.81. The second kappa shape index (κ2) is 11.2. The molecule has 0 spiro atoms. The highest BCUT2D eigenvalue weighted by atomic mass is 16.8. The summed E-state index contributed by atoms with van der Waals surface area (Å²) in [5.41, 5.74) is 14.2. The number of methoxy groups -OCH3 is 2. The molecular weight excluding hydrogens is 428 g/mol. The molecule has 1 aromatic heterocycles. The van der Waals surface area contributed by atoms with Gasteiger partial charge in [0, 0.05) is 42.5 Å². The standard InChI is InChI=1S/C22H28N6O5/c1-31-18-11-14(10-15-13-26-22(24)27-21(15)23)12-19(32-2)20(18)33-9-3-8-25-16-4-6-17(7-5-16)28(29)30/h4-7,11-13,25,28-29H,3,8-10H2,1-2H3,(H4,23,24,26,27). The highest BCUT2D eigenvalue weighted by molar-refractivity contribution is 5.55. The third kappa shape index (κ3) is 6.35. The van der Waals surface area contributed by atoms with Crippen LogP contribution in [0.15, 0.2) is 42.6 Å². The van der Waals surface area contributed by atoms with Gasteiger partial charge in [-0.15, -0.1) is 0 Å². The van der Waals surface area contributed by atoms with E-state index < -0.39 is 5.23 Å². The molecule has 11 heteroatoms. The Morgan fingerprint density at radius 2 is 1.76 bits per heavy atom. The molecule has 3 rings (SSSR count). The number of nitrogens with two attached hydrogens (primary N) is 2. The number of hydrogen-bond donors (Lipinski definition) is 5. The lowest BCUT2D eigenvalue weighted by Crippen LogP contribution is -2.99. The van der Waals surface area contributed by atoms with Crippen molar-refractivity contribution in [3.05, 3.63) is 58.9 Å². The molecule has 0 fully saturated rings. The van der Waals surface area contributed by atoms with Gasteiger partial charge in [0.05, 0.1) is 20.8 Å². The van der Waals surface area contributed by atoms with Crippen LogP contribution in [0.5, 0.6) is 17.2 Å². The van der Waals surface area contributed by atoms with Crippen LogP contribution in [-0.4, -0.2) is 42.5 Å². The highest BCUT2D eigenvalue weighted by Crippen LogP contribution is 2.39. The Bertz CT molecular complexity index is 1040. The van der Waals surface area contributed by atoms with Gasteiger partial charge in [-0.3, -0.25) is 0 Å². The Kier molecular flexibility index (Phi) is 8.08. The summed E-state index contributed by atoms with van der Waals surface area (Å²) in [6, 6.07) is 10.3. The van der Waals surface area contributed by atoms with Crippen LogP contribution >= 0.6 is 0 Å². The van der Waals surface area contributed by atoms with Crippen LogP contribution in [0.3, 0.4) is 0 Å². The van der Waals surface area contributed by atoms with E-state index in [1.807, 2.05) is 12.1 Å². The number of anilines is 3. The van der Waals surface area contributed by atoms with Crippen molar-refractivity contribution in [2.75, 3.05) is 44.2 Å². The second-order valence-corrected chi connectivity index (χ2v) is 7.16. The van der Waals surface area contributed by atoms with E-state index in [1.54, 1.807) is 44.7 Å². The summed E-state index contributed by atoms with van der Waals surface area (Å²) >= 11 is 0. The van der Waals surface area contributed by atoms with E-state index in [4.69, 9.17) is 30.9 Å². The Labute approximate surface area is 191 Å². The molecule has 7 N–H and O–H groups in total. The van der Waals surface area contributed by atoms with E-state index in [9.17, 15) is 5.21 Å². The summed E-state index contributed by atoms with van der Waals surface area (Å²) in [5.74, 6) is 2.04. The first kappa shape index (κ1) is 23.9. The van der Waals surface area contributed by atoms with Crippen molar-refractivity contribution in [2.24, 2.45) is 0 Å². The molecule has 33 heavy (non-hydrogen) atoms. The third-order valence-electron chi connectivity index (χ3n) is 4.86. The van der Waals surface area contributed by atoms with Gasteiger partial charge in [-0.05, 0) is 36.2 Å². The largest absolute Gasteiger partial charge is 0.595 e. The minimum atomic E-state index is -0.950. The fraction of sp³-hybridized carbons (Fsp3) is 0.273. The molecule has 1 unspecified atom stereocenters. The number of ether oxygens (including phenoxy) is 3. The number of nitrogens with zero attached hydrogens (tertiary/aromatic N) is 2. The quantitative estimate of drug-likeness (QED) is 0.211. The summed E-state index contributed by atoms with van der Waals surface area (Å²) < 4.78 is 17.0. The summed E-state index contributed by atoms with van der Waals surface area (Å²) in [4.78, 5) is 7.99. The lowest BCUT2D eigenvalue weighted by Gasteiger charge is -2.17. The fourth-order valence-electron chi connectivity index (χ4n) is 3.18. The summed E-state index contributed by atoms with van der Waals surface area (Å²) in [5, 5.41) is 22.2. The number of nitrogen functional groups attached to an aromatic ring is 2. The van der Waals surface area contributed by atoms with E-state index in [0.717, 1.165) is 16.8 Å². The maximum absolute atomic E-state index is 10.9. The molecule has 0 saturated carbocycles. The van der Waals surface area contributed by atoms with E-state index in [1.165, 1.54) is 0 Å². The normalized spacial score (nSPS) is 11.6. The number of benzene rings is 2. The summed E-state index contributed by atoms with van der Waals surface area (Å²) in [6.45, 7) is 1.07. The lowest BCUT2D eigenvalue weighted by atomic mass is 10.1. The van der Waals surface area contributed by atoms with Crippen LogP contribution in [0, 0.1) is 5.21 Å². The van der Waals surface area contributed by atoms with E-state index in [-0.39, 0.29) is 11.6 Å². The average molecular weight is 457 g/mol. The molecule has 176 valence electrons. The molecule has 0 aliphatic carbocycles. The van der Waals surface area contributed by atoms with E-state index in [2.05, 4.69) is 15.3 Å². The molecule has 0 amide bonds. The third-order valence-corrected chi connectivity index (χ3v) is 4.86. The first-order valence-corrected chi connectivity index (χ1v) is 10.2. The Balaban J connectivity index is 1.60. The first-order chi connectivity index (χ1) is 15.9. The maximum Gasteiger partial charge on any atom is 0.221 e. The van der Waals surface area contributed by atoms with Gasteiger partial charge in [0.2, 0.25) is 11.7 Å². The Morgan fingerprint density at radius 3 is 2.33 bits per heavy atom. The molecular formula is C22H28N6O5. The molecule has 0 radical (unpaired) electrons. The number of rotatable bonds is 11. The van der Waals surface area contributed by atoms with Crippen LogP contribution in [0.4, 0.5) is 23.1 Å². The van der Waals surface area contributed by atoms with Crippen LogP contribution < -0.4 is 36.2 Å². The predicted octanol–water partition coefficient (Wildman–Crippen LogP) is 1.53. The molecule has 2 aromatic carbocycles. The van der Waals surface area contributed by atoms with Gasteiger partial charge in [0.1, 0.15) is 5.82 Å². The molecule has 11 nitrogen and oxygen atoms in total. The molecule has 0 saturated heterocycles. The minimum absolute atomic E-state index is 0.127. The number of hydrogen-bond acceptors (Lipinski definition) is 10. The smallest absolute Gasteiger partial charge is 0.221 e. The van der Waals surface area contributed by atoms with Crippen molar-refractivity contribution in [1.29, 1.82) is 0 Å². The van der Waals surface area contributed by atoms with Crippen molar-refractivity contribution in [3.8, 4) is 17.2 Å². The zero-order valence-corrected chi connectivity index (χ0v) is 18.5. The Hall–Kier alpha value is -3.80. The number of nitrogens with one attached hydrogen (secondary N) is 2. The van der Waals surface area contributed by atoms with Gasteiger partial charge >= 0.3 is 0 Å². The SMILES string of the molecule is COc1cc(Cc2cnc(N)nc2N)cc(OC)c1OCCCNc1ccc([NH+]([O-])O)cc1. The van der Waals surface area contributed by atoms with Crippen molar-refractivity contribution >= 4 is 23.1 Å². The molecule has 3 aromatic rings. The summed E-state index contributed by atoms with van der Waals surface area (Å²) in [7, 11) is 3.13. The van der Waals surface area contributed by atoms with Gasteiger partial charge < -0.3 is 36.2 Å². The number of quaternary nitrogens is 1. The zero-order chi connectivity index (χ0) is 23.8. The molecule has 1 atom stereocenters. The molecule has 0 aliphatic rings. The lowest BCUT2D eigenvalue weighted by molar-refractivity contribution is -0.991. The van der Waals surface area contributed by atoms with Gasteiger partial charge in [-0.25, -0.2) is 10.2 Å². The number of aromatic nitrogens is 2. The van der Waals surface area contributed by atoms with Gasteiger partial charge in [0.25, 0.3) is 0 Å². The van der Waals surface area contributed by atoms with Crippen LogP contribution in [0.2, 0.25) is 0 Å². The van der Waals surface area contributed by atoms with Crippen molar-refractivity contribution < 1.29 is 24.6 Å². The fourth-order valence-corrected chi connectivity index (χ4v) is 3.18. The second-order valence-electron chi connectivity index (χ2n) is 7.16. The van der Waals surface area contributed by atoms with E-state index in [0.29, 0.717) is 49.1 Å². The predicted molar refractivity (Wildman–Crippen MR) is 124 cm³/mol. The van der Waals surface area contributed by atoms with Gasteiger partial charge in [-0.2, -0.15) is 10.2 Å². The molecule has 1 heterocycles. The van der Waals surface area contributed by atoms with Crippen LogP contribution in [0.1, 0.15) is 17.5 Å². The minimum Gasteiger partial charge on any atom is -0.595 e. The molecule has 0 aliphatic heterocycles. The van der Waals surface area contributed by atoms with Crippen molar-refractivity contribution in [2.45, 2.75) is 12.8 Å². The summed E-state index contributed by atoms with van der Waals surface area (Å²) in [6.07, 6.45) is 2.78. The van der Waals surface area contributed by atoms with Gasteiger partial charge in [0.15, 0.2) is 17.2 Å². The van der Waals surface area contributed by atoms with Crippen molar-refractivity contribution in [1.82, 2.24) is 9.97 Å². The molecule has 0 bridgehead atoms.